The number of aliphatic hydroxyl groups excluding tert-OH is 1. The van der Waals surface area contributed by atoms with E-state index in [0.29, 0.717) is 6.42 Å². The molecule has 1 aromatic carbocycles. The van der Waals surface area contributed by atoms with E-state index in [1.165, 1.54) is 0 Å². The lowest BCUT2D eigenvalue weighted by molar-refractivity contribution is 0.210. The molecule has 0 amide bonds. The third-order valence-electron chi connectivity index (χ3n) is 2.64. The molecule has 1 atom stereocenters. The van der Waals surface area contributed by atoms with Crippen LogP contribution in [0.25, 0.3) is 0 Å². The van der Waals surface area contributed by atoms with E-state index >= 15 is 0 Å². The van der Waals surface area contributed by atoms with E-state index in [1.807, 2.05) is 27.1 Å². The first kappa shape index (κ1) is 12.0. The SMILES string of the molecule is Cc1cc(O)ccc1C(CCO)N(C)C. The minimum atomic E-state index is 0.170. The molecule has 15 heavy (non-hydrogen) atoms. The number of rotatable bonds is 4. The predicted octanol–water partition coefficient (Wildman–Crippen LogP) is 1.69. The second-order valence-electron chi connectivity index (χ2n) is 4.03. The van der Waals surface area contributed by atoms with Gasteiger partial charge >= 0.3 is 0 Å². The maximum atomic E-state index is 9.32. The van der Waals surface area contributed by atoms with Crippen molar-refractivity contribution in [3.05, 3.63) is 29.3 Å². The molecule has 0 heterocycles. The molecule has 0 spiro atoms. The Labute approximate surface area is 91.0 Å². The minimum absolute atomic E-state index is 0.170. The van der Waals surface area contributed by atoms with E-state index in [1.54, 1.807) is 12.1 Å². The maximum absolute atomic E-state index is 9.32. The number of hydrogen-bond acceptors (Lipinski definition) is 3. The number of aryl methyl sites for hydroxylation is 1. The third kappa shape index (κ3) is 2.94. The van der Waals surface area contributed by atoms with Gasteiger partial charge in [-0.15, -0.1) is 0 Å². The summed E-state index contributed by atoms with van der Waals surface area (Å²) in [5.41, 5.74) is 2.22. The van der Waals surface area contributed by atoms with Crippen LogP contribution < -0.4 is 0 Å². The zero-order valence-electron chi connectivity index (χ0n) is 9.57. The van der Waals surface area contributed by atoms with Gasteiger partial charge in [0.25, 0.3) is 0 Å². The fourth-order valence-electron chi connectivity index (χ4n) is 1.85. The number of aliphatic hydroxyl groups is 1. The summed E-state index contributed by atoms with van der Waals surface area (Å²) in [6.45, 7) is 2.14. The summed E-state index contributed by atoms with van der Waals surface area (Å²) < 4.78 is 0. The predicted molar refractivity (Wildman–Crippen MR) is 61.0 cm³/mol. The van der Waals surface area contributed by atoms with Crippen LogP contribution in [0.4, 0.5) is 0 Å². The normalized spacial score (nSPS) is 13.1. The molecule has 0 aliphatic carbocycles. The van der Waals surface area contributed by atoms with Crippen molar-refractivity contribution in [2.45, 2.75) is 19.4 Å². The highest BCUT2D eigenvalue weighted by atomic mass is 16.3. The fourth-order valence-corrected chi connectivity index (χ4v) is 1.85. The van der Waals surface area contributed by atoms with E-state index in [0.717, 1.165) is 11.1 Å². The number of hydrogen-bond donors (Lipinski definition) is 2. The molecule has 0 saturated carbocycles. The molecule has 1 aromatic rings. The first-order chi connectivity index (χ1) is 7.06. The second kappa shape index (κ2) is 5.14. The van der Waals surface area contributed by atoms with Crippen LogP contribution in [0.1, 0.15) is 23.6 Å². The maximum Gasteiger partial charge on any atom is 0.115 e. The lowest BCUT2D eigenvalue weighted by Gasteiger charge is -2.25. The molecule has 0 radical (unpaired) electrons. The van der Waals surface area contributed by atoms with Crippen molar-refractivity contribution < 1.29 is 10.2 Å². The van der Waals surface area contributed by atoms with E-state index in [4.69, 9.17) is 5.11 Å². The average molecular weight is 209 g/mol. The van der Waals surface area contributed by atoms with E-state index < -0.39 is 0 Å². The van der Waals surface area contributed by atoms with E-state index in [2.05, 4.69) is 4.90 Å². The summed E-state index contributed by atoms with van der Waals surface area (Å²) in [6.07, 6.45) is 0.707. The van der Waals surface area contributed by atoms with Crippen molar-refractivity contribution in [2.24, 2.45) is 0 Å². The van der Waals surface area contributed by atoms with Gasteiger partial charge in [-0.3, -0.25) is 0 Å². The van der Waals surface area contributed by atoms with Gasteiger partial charge in [-0.1, -0.05) is 6.07 Å². The van der Waals surface area contributed by atoms with Crippen molar-refractivity contribution in [3.8, 4) is 5.75 Å². The Morgan fingerprint density at radius 1 is 1.33 bits per heavy atom. The Bertz CT molecular complexity index is 323. The van der Waals surface area contributed by atoms with Gasteiger partial charge < -0.3 is 15.1 Å². The van der Waals surface area contributed by atoms with Crippen LogP contribution in [-0.2, 0) is 0 Å². The molecule has 0 fully saturated rings. The second-order valence-corrected chi connectivity index (χ2v) is 4.03. The van der Waals surface area contributed by atoms with Gasteiger partial charge in [0.15, 0.2) is 0 Å². The van der Waals surface area contributed by atoms with Crippen LogP contribution in [0.2, 0.25) is 0 Å². The Morgan fingerprint density at radius 2 is 2.00 bits per heavy atom. The fraction of sp³-hybridized carbons (Fsp3) is 0.500. The Morgan fingerprint density at radius 3 is 2.47 bits per heavy atom. The Kier molecular flexibility index (Phi) is 4.12. The zero-order chi connectivity index (χ0) is 11.4. The number of phenolic OH excluding ortho intramolecular Hbond substituents is 1. The van der Waals surface area contributed by atoms with Gasteiger partial charge in [0, 0.05) is 12.6 Å². The Hall–Kier alpha value is -1.06. The standard InChI is InChI=1S/C12H19NO2/c1-9-8-10(15)4-5-11(9)12(6-7-14)13(2)3/h4-5,8,12,14-15H,6-7H2,1-3H3. The lowest BCUT2D eigenvalue weighted by Crippen LogP contribution is -2.21. The molecular weight excluding hydrogens is 190 g/mol. The van der Waals surface area contributed by atoms with E-state index in [-0.39, 0.29) is 18.4 Å². The number of nitrogens with zero attached hydrogens (tertiary/aromatic N) is 1. The molecule has 84 valence electrons. The highest BCUT2D eigenvalue weighted by molar-refractivity contribution is 5.35. The van der Waals surface area contributed by atoms with Crippen LogP contribution in [-0.4, -0.2) is 35.8 Å². The smallest absolute Gasteiger partial charge is 0.115 e. The summed E-state index contributed by atoms with van der Waals surface area (Å²) in [6, 6.07) is 5.57. The highest BCUT2D eigenvalue weighted by Crippen LogP contribution is 2.27. The summed E-state index contributed by atoms with van der Waals surface area (Å²) in [4.78, 5) is 2.08. The molecule has 1 rings (SSSR count). The quantitative estimate of drug-likeness (QED) is 0.793. The van der Waals surface area contributed by atoms with Crippen LogP contribution in [0, 0.1) is 6.92 Å². The Balaban J connectivity index is 3.00. The molecule has 2 N–H and O–H groups in total. The largest absolute Gasteiger partial charge is 0.508 e. The van der Waals surface area contributed by atoms with Gasteiger partial charge in [0.2, 0.25) is 0 Å². The van der Waals surface area contributed by atoms with Crippen LogP contribution in [0.5, 0.6) is 5.75 Å². The molecule has 0 aromatic heterocycles. The van der Waals surface area contributed by atoms with Crippen LogP contribution in [0.3, 0.4) is 0 Å². The average Bonchev–Trinajstić information content (AvgIpc) is 2.15. The number of phenols is 1. The number of benzene rings is 1. The molecule has 0 aliphatic heterocycles. The van der Waals surface area contributed by atoms with Crippen molar-refractivity contribution in [3.63, 3.8) is 0 Å². The molecule has 1 unspecified atom stereocenters. The van der Waals surface area contributed by atoms with E-state index in [9.17, 15) is 5.11 Å². The zero-order valence-corrected chi connectivity index (χ0v) is 9.57. The van der Waals surface area contributed by atoms with Crippen molar-refractivity contribution in [1.29, 1.82) is 0 Å². The van der Waals surface area contributed by atoms with Crippen LogP contribution >= 0.6 is 0 Å². The monoisotopic (exact) mass is 209 g/mol. The first-order valence-corrected chi connectivity index (χ1v) is 5.13. The lowest BCUT2D eigenvalue weighted by atomic mass is 9.98. The summed E-state index contributed by atoms with van der Waals surface area (Å²) in [7, 11) is 3.99. The minimum Gasteiger partial charge on any atom is -0.508 e. The molecule has 0 bridgehead atoms. The molecular formula is C12H19NO2. The summed E-state index contributed by atoms with van der Waals surface area (Å²) >= 11 is 0. The molecule has 0 saturated heterocycles. The van der Waals surface area contributed by atoms with Gasteiger partial charge in [-0.05, 0) is 50.7 Å². The molecule has 0 aliphatic rings. The topological polar surface area (TPSA) is 43.7 Å². The number of aromatic hydroxyl groups is 1. The van der Waals surface area contributed by atoms with Gasteiger partial charge in [0.05, 0.1) is 0 Å². The molecule has 3 heteroatoms. The summed E-state index contributed by atoms with van der Waals surface area (Å²) in [5, 5.41) is 18.3. The van der Waals surface area contributed by atoms with Gasteiger partial charge in [-0.2, -0.15) is 0 Å². The van der Waals surface area contributed by atoms with Crippen LogP contribution in [0.15, 0.2) is 18.2 Å². The van der Waals surface area contributed by atoms with Crippen molar-refractivity contribution in [1.82, 2.24) is 4.90 Å². The highest BCUT2D eigenvalue weighted by Gasteiger charge is 2.15. The van der Waals surface area contributed by atoms with Crippen molar-refractivity contribution >= 4 is 0 Å². The van der Waals surface area contributed by atoms with Gasteiger partial charge in [-0.25, -0.2) is 0 Å². The summed E-state index contributed by atoms with van der Waals surface area (Å²) in [5.74, 6) is 0.290. The van der Waals surface area contributed by atoms with Gasteiger partial charge in [0.1, 0.15) is 5.75 Å². The third-order valence-corrected chi connectivity index (χ3v) is 2.64. The van der Waals surface area contributed by atoms with Crippen molar-refractivity contribution in [2.75, 3.05) is 20.7 Å². The molecule has 3 nitrogen and oxygen atoms in total. The first-order valence-electron chi connectivity index (χ1n) is 5.13.